The van der Waals surface area contributed by atoms with Gasteiger partial charge in [-0.25, -0.2) is 9.97 Å². The SMILES string of the molecule is NC(=O)c1cc2c(nc1-n1cnc(N)n1)CCCC2. The van der Waals surface area contributed by atoms with Crippen LogP contribution >= 0.6 is 0 Å². The summed E-state index contributed by atoms with van der Waals surface area (Å²) in [7, 11) is 0. The normalized spacial score (nSPS) is 14.1. The summed E-state index contributed by atoms with van der Waals surface area (Å²) in [4.78, 5) is 19.9. The third-order valence-corrected chi connectivity index (χ3v) is 3.27. The largest absolute Gasteiger partial charge is 0.366 e. The topological polar surface area (TPSA) is 113 Å². The van der Waals surface area contributed by atoms with Crippen LogP contribution in [0.5, 0.6) is 0 Å². The van der Waals surface area contributed by atoms with E-state index in [4.69, 9.17) is 11.5 Å². The minimum Gasteiger partial charge on any atom is -0.366 e. The zero-order valence-corrected chi connectivity index (χ0v) is 10.3. The van der Waals surface area contributed by atoms with E-state index >= 15 is 0 Å². The lowest BCUT2D eigenvalue weighted by molar-refractivity contribution is 0.0999. The molecule has 1 aliphatic carbocycles. The number of aryl methyl sites for hydroxylation is 2. The van der Waals surface area contributed by atoms with Crippen LogP contribution in [0.2, 0.25) is 0 Å². The van der Waals surface area contributed by atoms with Crippen molar-refractivity contribution in [3.05, 3.63) is 29.2 Å². The van der Waals surface area contributed by atoms with Crippen LogP contribution in [-0.4, -0.2) is 25.7 Å². The number of hydrogen-bond acceptors (Lipinski definition) is 5. The Labute approximate surface area is 109 Å². The number of carbonyl (C=O) groups is 1. The fraction of sp³-hybridized carbons (Fsp3) is 0.333. The first kappa shape index (κ1) is 11.6. The van der Waals surface area contributed by atoms with Gasteiger partial charge in [0, 0.05) is 5.69 Å². The van der Waals surface area contributed by atoms with E-state index in [1.54, 1.807) is 0 Å². The van der Waals surface area contributed by atoms with Crippen LogP contribution in [0.25, 0.3) is 5.82 Å². The molecule has 1 amide bonds. The number of aromatic nitrogens is 4. The van der Waals surface area contributed by atoms with Gasteiger partial charge < -0.3 is 11.5 Å². The second kappa shape index (κ2) is 4.34. The summed E-state index contributed by atoms with van der Waals surface area (Å²) in [5.41, 5.74) is 13.4. The molecule has 0 spiro atoms. The van der Waals surface area contributed by atoms with Crippen molar-refractivity contribution in [2.75, 3.05) is 5.73 Å². The average molecular weight is 258 g/mol. The Morgan fingerprint density at radius 1 is 1.32 bits per heavy atom. The standard InChI is InChI=1S/C12H14N6O/c13-10(19)8-5-7-3-1-2-4-9(7)16-11(8)18-6-15-12(14)17-18/h5-6H,1-4H2,(H2,13,19)(H2,14,17). The predicted octanol–water partition coefficient (Wildman–Crippen LogP) is 0.222. The van der Waals surface area contributed by atoms with Gasteiger partial charge in [-0.15, -0.1) is 5.10 Å². The number of carbonyl (C=O) groups excluding carboxylic acids is 1. The monoisotopic (exact) mass is 258 g/mol. The van der Waals surface area contributed by atoms with Crippen molar-refractivity contribution in [3.8, 4) is 5.82 Å². The summed E-state index contributed by atoms with van der Waals surface area (Å²) in [6, 6.07) is 1.82. The van der Waals surface area contributed by atoms with Gasteiger partial charge in [0.15, 0.2) is 5.82 Å². The van der Waals surface area contributed by atoms with Gasteiger partial charge in [-0.1, -0.05) is 0 Å². The highest BCUT2D eigenvalue weighted by molar-refractivity contribution is 5.96. The molecule has 3 rings (SSSR count). The first-order valence-corrected chi connectivity index (χ1v) is 6.15. The summed E-state index contributed by atoms with van der Waals surface area (Å²) < 4.78 is 1.39. The number of amides is 1. The van der Waals surface area contributed by atoms with Crippen LogP contribution in [0, 0.1) is 0 Å². The second-order valence-electron chi connectivity index (χ2n) is 4.58. The van der Waals surface area contributed by atoms with Gasteiger partial charge in [-0.2, -0.15) is 4.68 Å². The summed E-state index contributed by atoms with van der Waals surface area (Å²) in [5, 5.41) is 3.99. The summed E-state index contributed by atoms with van der Waals surface area (Å²) >= 11 is 0. The average Bonchev–Trinajstić information content (AvgIpc) is 2.83. The molecule has 2 heterocycles. The number of anilines is 1. The van der Waals surface area contributed by atoms with Crippen molar-refractivity contribution in [1.82, 2.24) is 19.7 Å². The molecule has 0 atom stereocenters. The zero-order valence-electron chi connectivity index (χ0n) is 10.3. The molecule has 7 nitrogen and oxygen atoms in total. The van der Waals surface area contributed by atoms with Gasteiger partial charge in [0.2, 0.25) is 5.95 Å². The van der Waals surface area contributed by atoms with Gasteiger partial charge in [-0.3, -0.25) is 4.79 Å². The van der Waals surface area contributed by atoms with Crippen LogP contribution < -0.4 is 11.5 Å². The number of hydrogen-bond donors (Lipinski definition) is 2. The number of primary amides is 1. The molecule has 19 heavy (non-hydrogen) atoms. The van der Waals surface area contributed by atoms with Gasteiger partial charge in [0.1, 0.15) is 6.33 Å². The second-order valence-corrected chi connectivity index (χ2v) is 4.58. The Bertz CT molecular complexity index is 648. The van der Waals surface area contributed by atoms with Gasteiger partial charge >= 0.3 is 0 Å². The van der Waals surface area contributed by atoms with Crippen molar-refractivity contribution in [3.63, 3.8) is 0 Å². The molecular weight excluding hydrogens is 244 g/mol. The molecule has 0 unspecified atom stereocenters. The Morgan fingerprint density at radius 3 is 2.79 bits per heavy atom. The summed E-state index contributed by atoms with van der Waals surface area (Å²) in [6.07, 6.45) is 5.49. The maximum Gasteiger partial charge on any atom is 0.252 e. The van der Waals surface area contributed by atoms with Crippen molar-refractivity contribution in [2.24, 2.45) is 5.73 Å². The van der Waals surface area contributed by atoms with E-state index in [0.29, 0.717) is 11.4 Å². The van der Waals surface area contributed by atoms with E-state index in [1.165, 1.54) is 11.0 Å². The Kier molecular flexibility index (Phi) is 2.66. The van der Waals surface area contributed by atoms with Crippen molar-refractivity contribution < 1.29 is 4.79 Å². The van der Waals surface area contributed by atoms with Crippen molar-refractivity contribution in [2.45, 2.75) is 25.7 Å². The molecule has 0 aromatic carbocycles. The first-order chi connectivity index (χ1) is 9.15. The molecule has 0 fully saturated rings. The molecule has 2 aromatic rings. The van der Waals surface area contributed by atoms with E-state index in [-0.39, 0.29) is 5.95 Å². The molecule has 0 radical (unpaired) electrons. The molecule has 7 heteroatoms. The maximum absolute atomic E-state index is 11.6. The molecule has 0 bridgehead atoms. The molecule has 1 aliphatic rings. The maximum atomic E-state index is 11.6. The fourth-order valence-electron chi connectivity index (χ4n) is 2.36. The highest BCUT2D eigenvalue weighted by Crippen LogP contribution is 2.23. The number of nitrogens with two attached hydrogens (primary N) is 2. The van der Waals surface area contributed by atoms with Crippen LogP contribution in [-0.2, 0) is 12.8 Å². The molecule has 4 N–H and O–H groups in total. The lowest BCUT2D eigenvalue weighted by Crippen LogP contribution is -2.19. The zero-order chi connectivity index (χ0) is 13.4. The number of rotatable bonds is 2. The van der Waals surface area contributed by atoms with Crippen LogP contribution in [0.4, 0.5) is 5.95 Å². The smallest absolute Gasteiger partial charge is 0.252 e. The highest BCUT2D eigenvalue weighted by Gasteiger charge is 2.19. The summed E-state index contributed by atoms with van der Waals surface area (Å²) in [6.45, 7) is 0. The summed E-state index contributed by atoms with van der Waals surface area (Å²) in [5.74, 6) is 0.0113. The number of nitrogen functional groups attached to an aromatic ring is 1. The minimum absolute atomic E-state index is 0.134. The van der Waals surface area contributed by atoms with E-state index in [0.717, 1.165) is 36.9 Å². The Morgan fingerprint density at radius 2 is 2.11 bits per heavy atom. The van der Waals surface area contributed by atoms with Gasteiger partial charge in [0.05, 0.1) is 5.56 Å². The fourth-order valence-corrected chi connectivity index (χ4v) is 2.36. The quantitative estimate of drug-likeness (QED) is 0.800. The van der Waals surface area contributed by atoms with Crippen molar-refractivity contribution >= 4 is 11.9 Å². The third kappa shape index (κ3) is 2.03. The van der Waals surface area contributed by atoms with Gasteiger partial charge in [-0.05, 0) is 37.3 Å². The van der Waals surface area contributed by atoms with E-state index in [1.807, 2.05) is 6.07 Å². The minimum atomic E-state index is -0.523. The molecular formula is C12H14N6O. The first-order valence-electron chi connectivity index (χ1n) is 6.15. The molecule has 0 saturated carbocycles. The van der Waals surface area contributed by atoms with Crippen LogP contribution in [0.3, 0.4) is 0 Å². The van der Waals surface area contributed by atoms with E-state index in [2.05, 4.69) is 15.1 Å². The van der Waals surface area contributed by atoms with Crippen LogP contribution in [0.1, 0.15) is 34.5 Å². The van der Waals surface area contributed by atoms with Crippen LogP contribution in [0.15, 0.2) is 12.4 Å². The Hall–Kier alpha value is -2.44. The molecule has 0 aliphatic heterocycles. The Balaban J connectivity index is 2.18. The molecule has 98 valence electrons. The number of fused-ring (bicyclic) bond motifs is 1. The molecule has 0 saturated heterocycles. The van der Waals surface area contributed by atoms with Gasteiger partial charge in [0.25, 0.3) is 5.91 Å². The molecule has 2 aromatic heterocycles. The predicted molar refractivity (Wildman–Crippen MR) is 68.7 cm³/mol. The number of nitrogens with zero attached hydrogens (tertiary/aromatic N) is 4. The van der Waals surface area contributed by atoms with E-state index in [9.17, 15) is 4.79 Å². The third-order valence-electron chi connectivity index (χ3n) is 3.27. The van der Waals surface area contributed by atoms with Crippen molar-refractivity contribution in [1.29, 1.82) is 0 Å². The lowest BCUT2D eigenvalue weighted by atomic mass is 9.94. The lowest BCUT2D eigenvalue weighted by Gasteiger charge is -2.17. The van der Waals surface area contributed by atoms with E-state index < -0.39 is 5.91 Å². The highest BCUT2D eigenvalue weighted by atomic mass is 16.1. The number of pyridine rings is 1.